The van der Waals surface area contributed by atoms with E-state index in [1.165, 1.54) is 18.2 Å². The highest BCUT2D eigenvalue weighted by Gasteiger charge is 2.18. The van der Waals surface area contributed by atoms with Crippen LogP contribution in [0.5, 0.6) is 0 Å². The predicted octanol–water partition coefficient (Wildman–Crippen LogP) is 3.16. The van der Waals surface area contributed by atoms with Gasteiger partial charge in [0.2, 0.25) is 0 Å². The topological polar surface area (TPSA) is 46.2 Å². The molecule has 0 atom stereocenters. The molecule has 1 N–H and O–H groups in total. The number of anilines is 1. The number of hydrogen-bond donors (Lipinski definition) is 1. The quantitative estimate of drug-likeness (QED) is 0.947. The average Bonchev–Trinajstić information content (AvgIpc) is 2.46. The summed E-state index contributed by atoms with van der Waals surface area (Å²) in [4.78, 5) is 0.300. The highest BCUT2D eigenvalue weighted by Crippen LogP contribution is 2.26. The predicted molar refractivity (Wildman–Crippen MR) is 80.5 cm³/mol. The van der Waals surface area contributed by atoms with Crippen LogP contribution in [0.1, 0.15) is 17.5 Å². The van der Waals surface area contributed by atoms with Crippen LogP contribution >= 0.6 is 0 Å². The maximum Gasteiger partial charge on any atom is 0.182 e. The fourth-order valence-electron chi connectivity index (χ4n) is 2.57. The lowest BCUT2D eigenvalue weighted by Gasteiger charge is -2.18. The van der Waals surface area contributed by atoms with Crippen molar-refractivity contribution in [3.05, 3.63) is 59.4 Å². The van der Waals surface area contributed by atoms with E-state index < -0.39 is 15.7 Å². The van der Waals surface area contributed by atoms with E-state index in [4.69, 9.17) is 0 Å². The molecule has 0 unspecified atom stereocenters. The molecule has 0 aliphatic carbocycles. The van der Waals surface area contributed by atoms with Crippen LogP contribution in [0.15, 0.2) is 47.4 Å². The van der Waals surface area contributed by atoms with Crippen molar-refractivity contribution in [3.63, 3.8) is 0 Å². The minimum absolute atomic E-state index is 0.184. The third-order valence-corrected chi connectivity index (χ3v) is 5.31. The van der Waals surface area contributed by atoms with Crippen molar-refractivity contribution >= 4 is 15.5 Å². The molecule has 1 aliphatic rings. The smallest absolute Gasteiger partial charge is 0.182 e. The first-order valence-corrected chi connectivity index (χ1v) is 8.54. The summed E-state index contributed by atoms with van der Waals surface area (Å²) < 4.78 is 38.1. The lowest BCUT2D eigenvalue weighted by Crippen LogP contribution is -2.13. The SMILES string of the molecule is O=S(=O)(Cc1cccc(F)c1)c1ccc2c(c1)CCCN2. The van der Waals surface area contributed by atoms with Gasteiger partial charge in [-0.25, -0.2) is 12.8 Å². The molecule has 3 nitrogen and oxygen atoms in total. The highest BCUT2D eigenvalue weighted by atomic mass is 32.2. The van der Waals surface area contributed by atoms with E-state index in [0.29, 0.717) is 10.5 Å². The van der Waals surface area contributed by atoms with E-state index in [0.717, 1.165) is 30.6 Å². The van der Waals surface area contributed by atoms with Gasteiger partial charge < -0.3 is 5.32 Å². The minimum Gasteiger partial charge on any atom is -0.385 e. The monoisotopic (exact) mass is 305 g/mol. The zero-order chi connectivity index (χ0) is 14.9. The molecule has 0 fully saturated rings. The van der Waals surface area contributed by atoms with Crippen LogP contribution in [0, 0.1) is 5.82 Å². The molecular formula is C16H16FNO2S. The summed E-state index contributed by atoms with van der Waals surface area (Å²) in [5.41, 5.74) is 2.50. The molecule has 0 amide bonds. The van der Waals surface area contributed by atoms with E-state index in [9.17, 15) is 12.8 Å². The van der Waals surface area contributed by atoms with Crippen molar-refractivity contribution in [1.29, 1.82) is 0 Å². The Kier molecular flexibility index (Phi) is 3.68. The van der Waals surface area contributed by atoms with Gasteiger partial charge in [-0.3, -0.25) is 0 Å². The van der Waals surface area contributed by atoms with Crippen LogP contribution in [-0.4, -0.2) is 15.0 Å². The molecule has 0 spiro atoms. The maximum absolute atomic E-state index is 13.2. The number of hydrogen-bond acceptors (Lipinski definition) is 3. The molecule has 1 aliphatic heterocycles. The maximum atomic E-state index is 13.2. The fraction of sp³-hybridized carbons (Fsp3) is 0.250. The highest BCUT2D eigenvalue weighted by molar-refractivity contribution is 7.90. The molecule has 2 aromatic carbocycles. The Balaban J connectivity index is 1.91. The molecule has 5 heteroatoms. The molecule has 0 saturated heterocycles. The van der Waals surface area contributed by atoms with Gasteiger partial charge in [-0.2, -0.15) is 0 Å². The summed E-state index contributed by atoms with van der Waals surface area (Å²) in [5, 5.41) is 3.25. The van der Waals surface area contributed by atoms with Crippen LogP contribution in [-0.2, 0) is 22.0 Å². The van der Waals surface area contributed by atoms with Gasteiger partial charge in [-0.1, -0.05) is 12.1 Å². The first kappa shape index (κ1) is 14.1. The summed E-state index contributed by atoms with van der Waals surface area (Å²) in [6.07, 6.45) is 1.88. The Morgan fingerprint density at radius 3 is 2.81 bits per heavy atom. The van der Waals surface area contributed by atoms with Gasteiger partial charge in [-0.05, 0) is 54.3 Å². The number of rotatable bonds is 3. The summed E-state index contributed by atoms with van der Waals surface area (Å²) in [7, 11) is -3.46. The third kappa shape index (κ3) is 3.08. The van der Waals surface area contributed by atoms with Gasteiger partial charge >= 0.3 is 0 Å². The zero-order valence-electron chi connectivity index (χ0n) is 11.5. The number of fused-ring (bicyclic) bond motifs is 1. The van der Waals surface area contributed by atoms with Crippen LogP contribution in [0.3, 0.4) is 0 Å². The number of sulfone groups is 1. The first-order valence-electron chi connectivity index (χ1n) is 6.89. The molecule has 0 radical (unpaired) electrons. The van der Waals surface area contributed by atoms with Gasteiger partial charge in [0, 0.05) is 12.2 Å². The standard InChI is InChI=1S/C16H16FNO2S/c17-14-5-1-3-12(9-14)11-21(19,20)15-6-7-16-13(10-15)4-2-8-18-16/h1,3,5-7,9-10,18H,2,4,8,11H2. The normalized spacial score (nSPS) is 14.3. The van der Waals surface area contributed by atoms with Gasteiger partial charge in [0.1, 0.15) is 5.82 Å². The van der Waals surface area contributed by atoms with Gasteiger partial charge in [0.05, 0.1) is 10.6 Å². The second kappa shape index (κ2) is 5.48. The largest absolute Gasteiger partial charge is 0.385 e. The van der Waals surface area contributed by atoms with E-state index in [2.05, 4.69) is 5.32 Å². The molecular weight excluding hydrogens is 289 g/mol. The first-order chi connectivity index (χ1) is 10.0. The molecule has 1 heterocycles. The van der Waals surface area contributed by atoms with Crippen LogP contribution in [0.4, 0.5) is 10.1 Å². The number of aryl methyl sites for hydroxylation is 1. The van der Waals surface area contributed by atoms with Crippen molar-refractivity contribution in [2.24, 2.45) is 0 Å². The number of nitrogens with one attached hydrogen (secondary N) is 1. The van der Waals surface area contributed by atoms with E-state index in [1.807, 2.05) is 6.07 Å². The van der Waals surface area contributed by atoms with Gasteiger partial charge in [0.25, 0.3) is 0 Å². The van der Waals surface area contributed by atoms with Crippen LogP contribution < -0.4 is 5.32 Å². The summed E-state index contributed by atoms with van der Waals surface area (Å²) in [6.45, 7) is 0.919. The Morgan fingerprint density at radius 1 is 1.14 bits per heavy atom. The van der Waals surface area contributed by atoms with Crippen molar-refractivity contribution in [2.75, 3.05) is 11.9 Å². The lowest BCUT2D eigenvalue weighted by atomic mass is 10.0. The van der Waals surface area contributed by atoms with Crippen LogP contribution in [0.25, 0.3) is 0 Å². The lowest BCUT2D eigenvalue weighted by molar-refractivity contribution is 0.594. The van der Waals surface area contributed by atoms with Gasteiger partial charge in [-0.15, -0.1) is 0 Å². The average molecular weight is 305 g/mol. The van der Waals surface area contributed by atoms with Gasteiger partial charge in [0.15, 0.2) is 9.84 Å². The second-order valence-corrected chi connectivity index (χ2v) is 7.23. The molecule has 110 valence electrons. The second-order valence-electron chi connectivity index (χ2n) is 5.24. The fourth-order valence-corrected chi connectivity index (χ4v) is 3.96. The Hall–Kier alpha value is -1.88. The number of halogens is 1. The van der Waals surface area contributed by atoms with E-state index in [1.54, 1.807) is 18.2 Å². The van der Waals surface area contributed by atoms with E-state index >= 15 is 0 Å². The summed E-state index contributed by atoms with van der Waals surface area (Å²) >= 11 is 0. The van der Waals surface area contributed by atoms with Crippen molar-refractivity contribution in [3.8, 4) is 0 Å². The summed E-state index contributed by atoms with van der Waals surface area (Å²) in [5.74, 6) is -0.603. The molecule has 21 heavy (non-hydrogen) atoms. The van der Waals surface area contributed by atoms with Crippen LogP contribution in [0.2, 0.25) is 0 Å². The van der Waals surface area contributed by atoms with E-state index in [-0.39, 0.29) is 5.75 Å². The number of benzene rings is 2. The van der Waals surface area contributed by atoms with Crippen molar-refractivity contribution < 1.29 is 12.8 Å². The van der Waals surface area contributed by atoms with Crippen molar-refractivity contribution in [1.82, 2.24) is 0 Å². The zero-order valence-corrected chi connectivity index (χ0v) is 12.3. The third-order valence-electron chi connectivity index (χ3n) is 3.62. The molecule has 0 bridgehead atoms. The summed E-state index contributed by atoms with van der Waals surface area (Å²) in [6, 6.07) is 10.9. The molecule has 3 rings (SSSR count). The Morgan fingerprint density at radius 2 is 2.00 bits per heavy atom. The molecule has 0 aromatic heterocycles. The minimum atomic E-state index is -3.46. The Labute approximate surface area is 123 Å². The van der Waals surface area contributed by atoms with Crippen molar-refractivity contribution in [2.45, 2.75) is 23.5 Å². The molecule has 2 aromatic rings. The Bertz CT molecular complexity index is 772. The molecule has 0 saturated carbocycles.